The number of rotatable bonds is 2. The average Bonchev–Trinajstić information content (AvgIpc) is 2.26. The van der Waals surface area contributed by atoms with Gasteiger partial charge in [-0.2, -0.15) is 0 Å². The molecule has 0 bridgehead atoms. The van der Waals surface area contributed by atoms with Crippen molar-refractivity contribution in [1.29, 1.82) is 0 Å². The van der Waals surface area contributed by atoms with Crippen LogP contribution in [0, 0.1) is 19.7 Å². The van der Waals surface area contributed by atoms with Crippen molar-refractivity contribution in [2.45, 2.75) is 13.8 Å². The fourth-order valence-electron chi connectivity index (χ4n) is 1.98. The molecule has 2 aromatic rings. The fourth-order valence-corrected chi connectivity index (χ4v) is 1.98. The Morgan fingerprint density at radius 3 is 2.06 bits per heavy atom. The highest BCUT2D eigenvalue weighted by Crippen LogP contribution is 2.24. The summed E-state index contributed by atoms with van der Waals surface area (Å²) >= 11 is 0. The Hall–Kier alpha value is -2.16. The molecular formula is C15H13FO2. The zero-order chi connectivity index (χ0) is 13.3. The van der Waals surface area contributed by atoms with Crippen LogP contribution in [0.1, 0.15) is 21.5 Å². The number of carboxylic acids is 1. The van der Waals surface area contributed by atoms with E-state index in [1.807, 2.05) is 19.1 Å². The first-order valence-electron chi connectivity index (χ1n) is 5.58. The lowest BCUT2D eigenvalue weighted by molar-refractivity contribution is 0.0697. The van der Waals surface area contributed by atoms with E-state index in [1.165, 1.54) is 12.1 Å². The molecule has 0 saturated carbocycles. The summed E-state index contributed by atoms with van der Waals surface area (Å²) in [5, 5.41) is 9.02. The Bertz CT molecular complexity index is 598. The Morgan fingerprint density at radius 2 is 1.50 bits per heavy atom. The Morgan fingerprint density at radius 1 is 0.944 bits per heavy atom. The molecule has 0 atom stereocenters. The Balaban J connectivity index is 2.59. The average molecular weight is 244 g/mol. The SMILES string of the molecule is Cc1cc(F)cc(-c2cc(C)cc(C(=O)O)c2)c1. The van der Waals surface area contributed by atoms with Crippen molar-refractivity contribution in [2.75, 3.05) is 0 Å². The molecule has 2 aromatic carbocycles. The molecule has 0 amide bonds. The number of aromatic carboxylic acids is 1. The molecule has 0 fully saturated rings. The summed E-state index contributed by atoms with van der Waals surface area (Å²) in [5.74, 6) is -1.29. The summed E-state index contributed by atoms with van der Waals surface area (Å²) in [4.78, 5) is 11.0. The van der Waals surface area contributed by atoms with Gasteiger partial charge in [-0.15, -0.1) is 0 Å². The summed E-state index contributed by atoms with van der Waals surface area (Å²) in [6.07, 6.45) is 0. The molecule has 0 aromatic heterocycles. The lowest BCUT2D eigenvalue weighted by Crippen LogP contribution is -1.97. The normalized spacial score (nSPS) is 10.4. The molecule has 2 rings (SSSR count). The van der Waals surface area contributed by atoms with Gasteiger partial charge in [0.15, 0.2) is 0 Å². The molecule has 0 spiro atoms. The maximum absolute atomic E-state index is 13.4. The second-order valence-electron chi connectivity index (χ2n) is 4.41. The van der Waals surface area contributed by atoms with Gasteiger partial charge in [0.25, 0.3) is 0 Å². The van der Waals surface area contributed by atoms with Gasteiger partial charge in [-0.05, 0) is 60.4 Å². The molecule has 0 heterocycles. The summed E-state index contributed by atoms with van der Waals surface area (Å²) in [7, 11) is 0. The van der Waals surface area contributed by atoms with E-state index in [-0.39, 0.29) is 11.4 Å². The van der Waals surface area contributed by atoms with E-state index < -0.39 is 5.97 Å². The van der Waals surface area contributed by atoms with E-state index in [0.29, 0.717) is 5.56 Å². The molecule has 0 aliphatic rings. The summed E-state index contributed by atoms with van der Waals surface area (Å²) in [6.45, 7) is 3.63. The van der Waals surface area contributed by atoms with Crippen LogP contribution in [0.2, 0.25) is 0 Å². The second-order valence-corrected chi connectivity index (χ2v) is 4.41. The number of carbonyl (C=O) groups is 1. The lowest BCUT2D eigenvalue weighted by atomic mass is 9.99. The summed E-state index contributed by atoms with van der Waals surface area (Å²) in [5.41, 5.74) is 3.27. The molecule has 0 aliphatic carbocycles. The van der Waals surface area contributed by atoms with Gasteiger partial charge in [-0.3, -0.25) is 0 Å². The van der Waals surface area contributed by atoms with E-state index in [9.17, 15) is 9.18 Å². The lowest BCUT2D eigenvalue weighted by Gasteiger charge is -2.07. The minimum atomic E-state index is -0.979. The molecule has 0 saturated heterocycles. The highest BCUT2D eigenvalue weighted by atomic mass is 19.1. The zero-order valence-corrected chi connectivity index (χ0v) is 10.2. The third-order valence-electron chi connectivity index (χ3n) is 2.70. The minimum absolute atomic E-state index is 0.215. The first-order valence-corrected chi connectivity index (χ1v) is 5.58. The minimum Gasteiger partial charge on any atom is -0.478 e. The van der Waals surface area contributed by atoms with Crippen molar-refractivity contribution in [3.8, 4) is 11.1 Å². The number of hydrogen-bond acceptors (Lipinski definition) is 1. The van der Waals surface area contributed by atoms with Crippen molar-refractivity contribution >= 4 is 5.97 Å². The van der Waals surface area contributed by atoms with Crippen molar-refractivity contribution in [2.24, 2.45) is 0 Å². The second kappa shape index (κ2) is 4.61. The number of carboxylic acid groups (broad SMARTS) is 1. The predicted molar refractivity (Wildman–Crippen MR) is 68.3 cm³/mol. The van der Waals surface area contributed by atoms with E-state index in [4.69, 9.17) is 5.11 Å². The van der Waals surface area contributed by atoms with Gasteiger partial charge in [0.05, 0.1) is 5.56 Å². The first-order chi connectivity index (χ1) is 8.45. The molecule has 1 N–H and O–H groups in total. The van der Waals surface area contributed by atoms with Crippen LogP contribution in [0.4, 0.5) is 4.39 Å². The quantitative estimate of drug-likeness (QED) is 0.872. The molecule has 3 heteroatoms. The van der Waals surface area contributed by atoms with Crippen LogP contribution >= 0.6 is 0 Å². The fraction of sp³-hybridized carbons (Fsp3) is 0.133. The molecular weight excluding hydrogens is 231 g/mol. The van der Waals surface area contributed by atoms with Crippen LogP contribution in [-0.2, 0) is 0 Å². The van der Waals surface area contributed by atoms with Gasteiger partial charge in [0.1, 0.15) is 5.82 Å². The van der Waals surface area contributed by atoms with Crippen molar-refractivity contribution in [3.63, 3.8) is 0 Å². The monoisotopic (exact) mass is 244 g/mol. The smallest absolute Gasteiger partial charge is 0.335 e. The largest absolute Gasteiger partial charge is 0.478 e. The van der Waals surface area contributed by atoms with Gasteiger partial charge < -0.3 is 5.11 Å². The molecule has 92 valence electrons. The van der Waals surface area contributed by atoms with Crippen LogP contribution in [-0.4, -0.2) is 11.1 Å². The third kappa shape index (κ3) is 2.56. The standard InChI is InChI=1S/C15H13FO2/c1-9-3-11(7-13(5-9)15(17)18)12-4-10(2)6-14(16)8-12/h3-8H,1-2H3,(H,17,18). The van der Waals surface area contributed by atoms with Crippen molar-refractivity contribution < 1.29 is 14.3 Å². The highest BCUT2D eigenvalue weighted by molar-refractivity contribution is 5.89. The molecule has 0 radical (unpaired) electrons. The van der Waals surface area contributed by atoms with Crippen LogP contribution in [0.15, 0.2) is 36.4 Å². The van der Waals surface area contributed by atoms with Gasteiger partial charge >= 0.3 is 5.97 Å². The highest BCUT2D eigenvalue weighted by Gasteiger charge is 2.08. The summed E-state index contributed by atoms with van der Waals surface area (Å²) < 4.78 is 13.4. The van der Waals surface area contributed by atoms with E-state index in [2.05, 4.69) is 0 Å². The zero-order valence-electron chi connectivity index (χ0n) is 10.2. The molecule has 0 unspecified atom stereocenters. The topological polar surface area (TPSA) is 37.3 Å². The number of aryl methyl sites for hydroxylation is 2. The third-order valence-corrected chi connectivity index (χ3v) is 2.70. The molecule has 18 heavy (non-hydrogen) atoms. The van der Waals surface area contributed by atoms with Gasteiger partial charge in [-0.25, -0.2) is 9.18 Å². The van der Waals surface area contributed by atoms with Gasteiger partial charge in [0, 0.05) is 0 Å². The van der Waals surface area contributed by atoms with Crippen molar-refractivity contribution in [1.82, 2.24) is 0 Å². The number of hydrogen-bond donors (Lipinski definition) is 1. The molecule has 0 aliphatic heterocycles. The van der Waals surface area contributed by atoms with Crippen LogP contribution in [0.25, 0.3) is 11.1 Å². The van der Waals surface area contributed by atoms with Gasteiger partial charge in [-0.1, -0.05) is 12.1 Å². The Labute approximate surface area is 105 Å². The summed E-state index contributed by atoms with van der Waals surface area (Å²) in [6, 6.07) is 9.69. The number of halogens is 1. The molecule has 2 nitrogen and oxygen atoms in total. The van der Waals surface area contributed by atoms with E-state index in [1.54, 1.807) is 19.1 Å². The van der Waals surface area contributed by atoms with Crippen LogP contribution in [0.3, 0.4) is 0 Å². The van der Waals surface area contributed by atoms with Crippen molar-refractivity contribution in [3.05, 3.63) is 58.9 Å². The predicted octanol–water partition coefficient (Wildman–Crippen LogP) is 3.81. The maximum Gasteiger partial charge on any atom is 0.335 e. The number of benzene rings is 2. The van der Waals surface area contributed by atoms with E-state index in [0.717, 1.165) is 16.7 Å². The maximum atomic E-state index is 13.4. The first kappa shape index (κ1) is 12.3. The van der Waals surface area contributed by atoms with Gasteiger partial charge in [0.2, 0.25) is 0 Å². The van der Waals surface area contributed by atoms with Crippen LogP contribution in [0.5, 0.6) is 0 Å². The Kier molecular flexibility index (Phi) is 3.15. The van der Waals surface area contributed by atoms with E-state index >= 15 is 0 Å². The van der Waals surface area contributed by atoms with Crippen LogP contribution < -0.4 is 0 Å².